The van der Waals surface area contributed by atoms with E-state index in [0.717, 1.165) is 12.4 Å². The molecule has 1 aromatic heterocycles. The number of nitrogens with zero attached hydrogens (tertiary/aromatic N) is 2. The van der Waals surface area contributed by atoms with E-state index in [9.17, 15) is 22.4 Å². The third-order valence-corrected chi connectivity index (χ3v) is 3.21. The predicted octanol–water partition coefficient (Wildman–Crippen LogP) is 2.22. The van der Waals surface area contributed by atoms with Crippen LogP contribution in [0.5, 0.6) is 0 Å². The molecule has 0 atom stereocenters. The summed E-state index contributed by atoms with van der Waals surface area (Å²) in [6.45, 7) is -0.913. The Bertz CT molecular complexity index is 899. The van der Waals surface area contributed by atoms with Crippen molar-refractivity contribution in [3.05, 3.63) is 59.1 Å². The molecule has 148 valence electrons. The van der Waals surface area contributed by atoms with Crippen LogP contribution >= 0.6 is 0 Å². The van der Waals surface area contributed by atoms with Crippen LogP contribution < -0.4 is 16.0 Å². The van der Waals surface area contributed by atoms with Crippen LogP contribution in [-0.4, -0.2) is 33.8 Å². The van der Waals surface area contributed by atoms with Crippen LogP contribution in [0, 0.1) is 28.7 Å². The number of hydrogen-bond donors (Lipinski definition) is 5. The summed E-state index contributed by atoms with van der Waals surface area (Å²) in [5, 5.41) is 23.1. The second-order valence-electron chi connectivity index (χ2n) is 5.24. The number of rotatable bonds is 9. The fourth-order valence-electron chi connectivity index (χ4n) is 1.96. The van der Waals surface area contributed by atoms with Gasteiger partial charge >= 0.3 is 5.97 Å². The second-order valence-corrected chi connectivity index (χ2v) is 5.24. The van der Waals surface area contributed by atoms with Crippen LogP contribution in [-0.2, 0) is 11.3 Å². The number of nitrogens with one attached hydrogen (secondary N) is 4. The minimum absolute atomic E-state index is 0.0643. The van der Waals surface area contributed by atoms with Crippen LogP contribution in [0.4, 0.5) is 29.3 Å². The van der Waals surface area contributed by atoms with Gasteiger partial charge in [-0.3, -0.25) is 4.79 Å². The maximum absolute atomic E-state index is 13.8. The molecule has 0 unspecified atom stereocenters. The monoisotopic (exact) mass is 398 g/mol. The van der Waals surface area contributed by atoms with E-state index in [0.29, 0.717) is 12.1 Å². The van der Waals surface area contributed by atoms with Crippen molar-refractivity contribution in [2.75, 3.05) is 17.2 Å². The van der Waals surface area contributed by atoms with Gasteiger partial charge in [0.25, 0.3) is 0 Å². The van der Waals surface area contributed by atoms with Gasteiger partial charge in [0.2, 0.25) is 5.95 Å². The first kappa shape index (κ1) is 20.6. The number of halogens is 4. The first-order valence-electron chi connectivity index (χ1n) is 7.62. The number of hydrogen-bond acceptors (Lipinski definition) is 7. The zero-order valence-electron chi connectivity index (χ0n) is 14.1. The maximum Gasteiger partial charge on any atom is 0.322 e. The van der Waals surface area contributed by atoms with Gasteiger partial charge in [-0.25, -0.2) is 22.5 Å². The minimum atomic E-state index is -1.14. The molecule has 0 aliphatic carbocycles. The van der Waals surface area contributed by atoms with Crippen LogP contribution in [0.3, 0.4) is 0 Å². The lowest BCUT2D eigenvalue weighted by Crippen LogP contribution is -2.19. The van der Waals surface area contributed by atoms with Crippen molar-refractivity contribution >= 4 is 24.0 Å². The lowest BCUT2D eigenvalue weighted by molar-refractivity contribution is -0.135. The van der Waals surface area contributed by atoms with Crippen molar-refractivity contribution in [3.63, 3.8) is 0 Å². The minimum Gasteiger partial charge on any atom is -0.480 e. The highest BCUT2D eigenvalue weighted by Gasteiger charge is 2.13. The molecule has 0 amide bonds. The Hall–Kier alpha value is -3.70. The van der Waals surface area contributed by atoms with E-state index in [-0.39, 0.29) is 11.6 Å². The van der Waals surface area contributed by atoms with Gasteiger partial charge in [0.1, 0.15) is 24.0 Å². The summed E-state index contributed by atoms with van der Waals surface area (Å²) in [5.41, 5.74) is -0.443. The van der Waals surface area contributed by atoms with E-state index >= 15 is 0 Å². The second kappa shape index (κ2) is 9.30. The zero-order valence-corrected chi connectivity index (χ0v) is 14.1. The third-order valence-electron chi connectivity index (χ3n) is 3.21. The summed E-state index contributed by atoms with van der Waals surface area (Å²) >= 11 is 0. The van der Waals surface area contributed by atoms with Gasteiger partial charge in [-0.05, 0) is 0 Å². The van der Waals surface area contributed by atoms with Gasteiger partial charge in [-0.15, -0.1) is 0 Å². The summed E-state index contributed by atoms with van der Waals surface area (Å²) in [5.74, 6) is -5.98. The molecule has 0 saturated heterocycles. The molecule has 0 spiro atoms. The average Bonchev–Trinajstić information content (AvgIpc) is 2.62. The number of carboxylic acids is 1. The van der Waals surface area contributed by atoms with Crippen molar-refractivity contribution < 1.29 is 27.5 Å². The molecule has 8 nitrogen and oxygen atoms in total. The topological polar surface area (TPSA) is 123 Å². The number of allylic oxidation sites excluding steroid dienone is 1. The van der Waals surface area contributed by atoms with Crippen molar-refractivity contribution in [1.29, 1.82) is 5.41 Å². The summed E-state index contributed by atoms with van der Waals surface area (Å²) in [6, 6.07) is 0.989. The number of carboxylic acid groups (broad SMARTS) is 1. The summed E-state index contributed by atoms with van der Waals surface area (Å²) < 4.78 is 54.1. The van der Waals surface area contributed by atoms with Gasteiger partial charge < -0.3 is 26.5 Å². The SMILES string of the molecule is N=C/C(=C\NCC(=O)O)Nc1ncc(F)c(NCc2c(F)cc(F)cc2F)n1. The van der Waals surface area contributed by atoms with Crippen molar-refractivity contribution in [2.24, 2.45) is 0 Å². The molecule has 0 radical (unpaired) electrons. The molecule has 0 saturated carbocycles. The van der Waals surface area contributed by atoms with Crippen molar-refractivity contribution in [1.82, 2.24) is 15.3 Å². The Morgan fingerprint density at radius 3 is 2.46 bits per heavy atom. The van der Waals surface area contributed by atoms with Crippen molar-refractivity contribution in [3.8, 4) is 0 Å². The van der Waals surface area contributed by atoms with Gasteiger partial charge in [0, 0.05) is 36.7 Å². The number of anilines is 2. The summed E-state index contributed by atoms with van der Waals surface area (Å²) in [4.78, 5) is 17.9. The lowest BCUT2D eigenvalue weighted by Gasteiger charge is -2.11. The van der Waals surface area contributed by atoms with Gasteiger partial charge in [-0.1, -0.05) is 0 Å². The summed E-state index contributed by atoms with van der Waals surface area (Å²) in [7, 11) is 0. The molecule has 0 aliphatic heterocycles. The molecule has 28 heavy (non-hydrogen) atoms. The van der Waals surface area contributed by atoms with Crippen molar-refractivity contribution in [2.45, 2.75) is 6.54 Å². The van der Waals surface area contributed by atoms with Crippen LogP contribution in [0.2, 0.25) is 0 Å². The van der Waals surface area contributed by atoms with Crippen LogP contribution in [0.25, 0.3) is 0 Å². The fourth-order valence-corrected chi connectivity index (χ4v) is 1.96. The van der Waals surface area contributed by atoms with Gasteiger partial charge in [0.15, 0.2) is 11.6 Å². The smallest absolute Gasteiger partial charge is 0.322 e. The molecule has 2 rings (SSSR count). The number of aliphatic carboxylic acids is 1. The molecular formula is C16H14F4N6O2. The first-order valence-corrected chi connectivity index (χ1v) is 7.62. The fraction of sp³-hybridized carbons (Fsp3) is 0.125. The molecule has 0 bridgehead atoms. The van der Waals surface area contributed by atoms with E-state index in [2.05, 4.69) is 25.9 Å². The number of aromatic nitrogens is 2. The average molecular weight is 398 g/mol. The Kier molecular flexibility index (Phi) is 6.84. The molecule has 2 aromatic rings. The number of carbonyl (C=O) groups is 1. The van der Waals surface area contributed by atoms with Gasteiger partial charge in [-0.2, -0.15) is 4.98 Å². The molecule has 1 heterocycles. The standard InChI is InChI=1S/C16H14F4N6O2/c17-8-1-11(18)10(12(19)2-8)5-23-15-13(20)6-24-16(26-15)25-9(3-21)4-22-7-14(27)28/h1-4,6,21-22H,5,7H2,(H,27,28)(H2,23,24,25,26)/b9-4+,21-3?. The Labute approximate surface area is 155 Å². The molecule has 0 fully saturated rings. The Morgan fingerprint density at radius 1 is 1.18 bits per heavy atom. The van der Waals surface area contributed by atoms with E-state index in [4.69, 9.17) is 10.5 Å². The molecule has 12 heteroatoms. The third kappa shape index (κ3) is 5.65. The molecule has 1 aromatic carbocycles. The predicted molar refractivity (Wildman–Crippen MR) is 91.8 cm³/mol. The zero-order chi connectivity index (χ0) is 20.7. The quantitative estimate of drug-likeness (QED) is 0.324. The summed E-state index contributed by atoms with van der Waals surface area (Å²) in [6.07, 6.45) is 2.78. The lowest BCUT2D eigenvalue weighted by atomic mass is 10.2. The van der Waals surface area contributed by atoms with Gasteiger partial charge in [0.05, 0.1) is 11.9 Å². The highest BCUT2D eigenvalue weighted by molar-refractivity contribution is 5.79. The van der Waals surface area contributed by atoms with E-state index in [1.807, 2.05) is 0 Å². The highest BCUT2D eigenvalue weighted by atomic mass is 19.1. The molecule has 5 N–H and O–H groups in total. The van der Waals surface area contributed by atoms with E-state index in [1.54, 1.807) is 0 Å². The first-order chi connectivity index (χ1) is 13.3. The highest BCUT2D eigenvalue weighted by Crippen LogP contribution is 2.18. The Balaban J connectivity index is 2.12. The normalized spacial score (nSPS) is 11.1. The van der Waals surface area contributed by atoms with E-state index in [1.165, 1.54) is 6.20 Å². The van der Waals surface area contributed by atoms with E-state index < -0.39 is 53.7 Å². The maximum atomic E-state index is 13.8. The number of benzene rings is 1. The van der Waals surface area contributed by atoms with Crippen LogP contribution in [0.1, 0.15) is 5.56 Å². The molecular weight excluding hydrogens is 384 g/mol. The Morgan fingerprint density at radius 2 is 1.86 bits per heavy atom. The largest absolute Gasteiger partial charge is 0.480 e. The van der Waals surface area contributed by atoms with Crippen LogP contribution in [0.15, 0.2) is 30.2 Å². The molecule has 0 aliphatic rings.